The van der Waals surface area contributed by atoms with Crippen LogP contribution in [-0.2, 0) is 13.0 Å². The van der Waals surface area contributed by atoms with E-state index in [4.69, 9.17) is 4.42 Å². The molecule has 2 N–H and O–H groups in total. The fourth-order valence-electron chi connectivity index (χ4n) is 1.68. The summed E-state index contributed by atoms with van der Waals surface area (Å²) >= 11 is 0. The lowest BCUT2D eigenvalue weighted by Gasteiger charge is -2.01. The molecule has 0 saturated heterocycles. The molecule has 0 fully saturated rings. The predicted molar refractivity (Wildman–Crippen MR) is 70.3 cm³/mol. The summed E-state index contributed by atoms with van der Waals surface area (Å²) in [4.78, 5) is 0. The fraction of sp³-hybridized carbons (Fsp3) is 0.385. The number of aryl methyl sites for hydroxylation is 1. The maximum Gasteiger partial charge on any atom is 0.315 e. The van der Waals surface area contributed by atoms with Gasteiger partial charge in [-0.05, 0) is 25.5 Å². The largest absolute Gasteiger partial charge is 0.407 e. The molecule has 0 aliphatic rings. The fourth-order valence-corrected chi connectivity index (χ4v) is 1.68. The van der Waals surface area contributed by atoms with E-state index in [1.54, 1.807) is 0 Å². The second-order valence-corrected chi connectivity index (χ2v) is 4.05. The number of aromatic nitrogens is 2. The zero-order valence-electron chi connectivity index (χ0n) is 10.5. The molecule has 5 heteroatoms. The first kappa shape index (κ1) is 12.6. The molecule has 0 amide bonds. The summed E-state index contributed by atoms with van der Waals surface area (Å²) < 4.78 is 5.38. The highest BCUT2D eigenvalue weighted by Crippen LogP contribution is 2.06. The van der Waals surface area contributed by atoms with Crippen molar-refractivity contribution >= 4 is 6.01 Å². The molecule has 0 atom stereocenters. The van der Waals surface area contributed by atoms with Gasteiger partial charge in [-0.2, -0.15) is 0 Å². The van der Waals surface area contributed by atoms with Crippen molar-refractivity contribution in [3.05, 3.63) is 41.8 Å². The molecule has 1 heterocycles. The van der Waals surface area contributed by atoms with Crippen LogP contribution < -0.4 is 10.6 Å². The number of nitrogens with one attached hydrogen (secondary N) is 2. The Kier molecular flexibility index (Phi) is 4.72. The van der Waals surface area contributed by atoms with Gasteiger partial charge in [-0.3, -0.25) is 0 Å². The Hall–Kier alpha value is -1.88. The zero-order valence-corrected chi connectivity index (χ0v) is 10.5. The molecule has 18 heavy (non-hydrogen) atoms. The second kappa shape index (κ2) is 6.76. The van der Waals surface area contributed by atoms with Crippen LogP contribution in [0.1, 0.15) is 17.9 Å². The topological polar surface area (TPSA) is 63.0 Å². The standard InChI is InChI=1S/C13H18N4O/c1-14-10-12-16-17-13(18-12)15-9-5-8-11-6-3-2-4-7-11/h2-4,6-7,14H,5,8-10H2,1H3,(H,15,17). The number of hydrogen-bond donors (Lipinski definition) is 2. The van der Waals surface area contributed by atoms with Crippen LogP contribution in [0.25, 0.3) is 0 Å². The molecular weight excluding hydrogens is 228 g/mol. The first-order chi connectivity index (χ1) is 8.88. The highest BCUT2D eigenvalue weighted by atomic mass is 16.4. The summed E-state index contributed by atoms with van der Waals surface area (Å²) in [6, 6.07) is 10.9. The van der Waals surface area contributed by atoms with Crippen molar-refractivity contribution in [1.82, 2.24) is 15.5 Å². The molecule has 96 valence electrons. The van der Waals surface area contributed by atoms with Gasteiger partial charge in [0.15, 0.2) is 0 Å². The summed E-state index contributed by atoms with van der Waals surface area (Å²) in [5, 5.41) is 13.9. The number of benzene rings is 1. The van der Waals surface area contributed by atoms with Crippen LogP contribution in [0.2, 0.25) is 0 Å². The Bertz CT molecular complexity index is 455. The Labute approximate surface area is 107 Å². The van der Waals surface area contributed by atoms with Crippen molar-refractivity contribution in [2.75, 3.05) is 18.9 Å². The third-order valence-electron chi connectivity index (χ3n) is 2.56. The van der Waals surface area contributed by atoms with Gasteiger partial charge in [0.25, 0.3) is 0 Å². The molecule has 2 rings (SSSR count). The maximum atomic E-state index is 5.38. The van der Waals surface area contributed by atoms with Crippen molar-refractivity contribution in [2.45, 2.75) is 19.4 Å². The van der Waals surface area contributed by atoms with Crippen LogP contribution in [0.3, 0.4) is 0 Å². The minimum atomic E-state index is 0.494. The molecule has 5 nitrogen and oxygen atoms in total. The van der Waals surface area contributed by atoms with Crippen molar-refractivity contribution < 1.29 is 4.42 Å². The normalized spacial score (nSPS) is 10.5. The highest BCUT2D eigenvalue weighted by molar-refractivity contribution is 5.18. The minimum Gasteiger partial charge on any atom is -0.407 e. The summed E-state index contributed by atoms with van der Waals surface area (Å²) in [5.41, 5.74) is 1.35. The Balaban J connectivity index is 1.68. The van der Waals surface area contributed by atoms with Crippen molar-refractivity contribution in [2.24, 2.45) is 0 Å². The van der Waals surface area contributed by atoms with Gasteiger partial charge in [-0.15, -0.1) is 5.10 Å². The zero-order chi connectivity index (χ0) is 12.6. The van der Waals surface area contributed by atoms with Crippen LogP contribution in [0.5, 0.6) is 0 Å². The van der Waals surface area contributed by atoms with Gasteiger partial charge >= 0.3 is 6.01 Å². The van der Waals surface area contributed by atoms with Crippen LogP contribution in [0.4, 0.5) is 6.01 Å². The van der Waals surface area contributed by atoms with Gasteiger partial charge in [0, 0.05) is 6.54 Å². The summed E-state index contributed by atoms with van der Waals surface area (Å²) in [6.07, 6.45) is 2.08. The lowest BCUT2D eigenvalue weighted by atomic mass is 10.1. The third-order valence-corrected chi connectivity index (χ3v) is 2.56. The van der Waals surface area contributed by atoms with E-state index in [1.165, 1.54) is 5.56 Å². The molecular formula is C13H18N4O. The van der Waals surface area contributed by atoms with Gasteiger partial charge in [0.2, 0.25) is 5.89 Å². The molecule has 0 aliphatic heterocycles. The van der Waals surface area contributed by atoms with Gasteiger partial charge in [0.1, 0.15) is 0 Å². The number of nitrogens with zero attached hydrogens (tertiary/aromatic N) is 2. The van der Waals surface area contributed by atoms with E-state index in [0.29, 0.717) is 18.5 Å². The monoisotopic (exact) mass is 246 g/mol. The van der Waals surface area contributed by atoms with E-state index in [1.807, 2.05) is 13.1 Å². The molecule has 1 aromatic carbocycles. The number of anilines is 1. The van der Waals surface area contributed by atoms with Gasteiger partial charge in [-0.25, -0.2) is 0 Å². The summed E-state index contributed by atoms with van der Waals surface area (Å²) in [6.45, 7) is 1.43. The average molecular weight is 246 g/mol. The van der Waals surface area contributed by atoms with Crippen LogP contribution >= 0.6 is 0 Å². The summed E-state index contributed by atoms with van der Waals surface area (Å²) in [5.74, 6) is 0.600. The van der Waals surface area contributed by atoms with E-state index in [2.05, 4.69) is 45.1 Å². The predicted octanol–water partition coefficient (Wildman–Crippen LogP) is 1.83. The van der Waals surface area contributed by atoms with Gasteiger partial charge < -0.3 is 15.1 Å². The molecule has 0 bridgehead atoms. The Morgan fingerprint density at radius 1 is 1.17 bits per heavy atom. The third kappa shape index (κ3) is 3.85. The molecule has 0 aliphatic carbocycles. The van der Waals surface area contributed by atoms with Gasteiger partial charge in [0.05, 0.1) is 6.54 Å². The number of rotatable bonds is 7. The molecule has 1 aromatic heterocycles. The average Bonchev–Trinajstić information content (AvgIpc) is 2.84. The smallest absolute Gasteiger partial charge is 0.315 e. The summed E-state index contributed by atoms with van der Waals surface area (Å²) in [7, 11) is 1.84. The van der Waals surface area contributed by atoms with Crippen molar-refractivity contribution in [3.8, 4) is 0 Å². The van der Waals surface area contributed by atoms with Crippen molar-refractivity contribution in [1.29, 1.82) is 0 Å². The van der Waals surface area contributed by atoms with E-state index < -0.39 is 0 Å². The lowest BCUT2D eigenvalue weighted by molar-refractivity contribution is 0.489. The van der Waals surface area contributed by atoms with Crippen molar-refractivity contribution in [3.63, 3.8) is 0 Å². The molecule has 2 aromatic rings. The van der Waals surface area contributed by atoms with Crippen LogP contribution in [0.15, 0.2) is 34.7 Å². The highest BCUT2D eigenvalue weighted by Gasteiger charge is 2.03. The van der Waals surface area contributed by atoms with E-state index in [9.17, 15) is 0 Å². The Morgan fingerprint density at radius 2 is 2.00 bits per heavy atom. The van der Waals surface area contributed by atoms with Crippen LogP contribution in [-0.4, -0.2) is 23.8 Å². The Morgan fingerprint density at radius 3 is 2.78 bits per heavy atom. The van der Waals surface area contributed by atoms with Gasteiger partial charge in [-0.1, -0.05) is 35.4 Å². The molecule has 0 saturated carbocycles. The van der Waals surface area contributed by atoms with Crippen LogP contribution in [0, 0.1) is 0 Å². The molecule has 0 unspecified atom stereocenters. The lowest BCUT2D eigenvalue weighted by Crippen LogP contribution is -2.05. The van der Waals surface area contributed by atoms with E-state index >= 15 is 0 Å². The quantitative estimate of drug-likeness (QED) is 0.730. The second-order valence-electron chi connectivity index (χ2n) is 4.05. The van der Waals surface area contributed by atoms with E-state index in [0.717, 1.165) is 19.4 Å². The SMILES string of the molecule is CNCc1nnc(NCCCc2ccccc2)o1. The minimum absolute atomic E-state index is 0.494. The van der Waals surface area contributed by atoms with E-state index in [-0.39, 0.29) is 0 Å². The first-order valence-electron chi connectivity index (χ1n) is 6.13. The molecule has 0 radical (unpaired) electrons. The maximum absolute atomic E-state index is 5.38. The molecule has 0 spiro atoms. The number of hydrogen-bond acceptors (Lipinski definition) is 5. The first-order valence-corrected chi connectivity index (χ1v) is 6.13.